The first-order valence-electron chi connectivity index (χ1n) is 5.01. The molecule has 0 aromatic heterocycles. The summed E-state index contributed by atoms with van der Waals surface area (Å²) in [6, 6.07) is 10.8. The van der Waals surface area contributed by atoms with E-state index < -0.39 is 5.82 Å². The Hall–Kier alpha value is -1.58. The number of halogens is 2. The lowest BCUT2D eigenvalue weighted by Gasteiger charge is -2.07. The summed E-state index contributed by atoms with van der Waals surface area (Å²) in [6.45, 7) is -0.227. The van der Waals surface area contributed by atoms with Crippen molar-refractivity contribution in [3.05, 3.63) is 58.9 Å². The molecule has 0 saturated carbocycles. The quantitative estimate of drug-likeness (QED) is 0.901. The fourth-order valence-electron chi connectivity index (χ4n) is 1.41. The highest BCUT2D eigenvalue weighted by molar-refractivity contribution is 6.30. The zero-order valence-electron chi connectivity index (χ0n) is 8.86. The van der Waals surface area contributed by atoms with Gasteiger partial charge >= 0.3 is 0 Å². The van der Waals surface area contributed by atoms with Crippen LogP contribution < -0.4 is 4.74 Å². The van der Waals surface area contributed by atoms with Crippen LogP contribution in [0.2, 0.25) is 5.02 Å². The molecular weight excluding hydrogens is 243 g/mol. The molecule has 2 nitrogen and oxygen atoms in total. The number of aliphatic hydroxyl groups is 1. The zero-order chi connectivity index (χ0) is 12.3. The normalized spacial score (nSPS) is 10.3. The van der Waals surface area contributed by atoms with E-state index in [-0.39, 0.29) is 6.61 Å². The van der Waals surface area contributed by atoms with E-state index in [1.165, 1.54) is 12.1 Å². The number of hydrogen-bond acceptors (Lipinski definition) is 2. The summed E-state index contributed by atoms with van der Waals surface area (Å²) in [4.78, 5) is 0. The van der Waals surface area contributed by atoms with Crippen molar-refractivity contribution < 1.29 is 14.2 Å². The summed E-state index contributed by atoms with van der Waals surface area (Å²) in [7, 11) is 0. The summed E-state index contributed by atoms with van der Waals surface area (Å²) in [5.41, 5.74) is 0.467. The van der Waals surface area contributed by atoms with Crippen LogP contribution in [-0.4, -0.2) is 5.11 Å². The van der Waals surface area contributed by atoms with Crippen LogP contribution in [0.4, 0.5) is 4.39 Å². The van der Waals surface area contributed by atoms with Crippen molar-refractivity contribution in [1.82, 2.24) is 0 Å². The largest absolute Gasteiger partial charge is 0.457 e. The van der Waals surface area contributed by atoms with Gasteiger partial charge in [0, 0.05) is 11.1 Å². The van der Waals surface area contributed by atoms with Gasteiger partial charge in [0.05, 0.1) is 6.61 Å². The molecule has 0 saturated heterocycles. The molecule has 4 heteroatoms. The van der Waals surface area contributed by atoms with E-state index in [1.54, 1.807) is 30.3 Å². The van der Waals surface area contributed by atoms with Crippen molar-refractivity contribution in [1.29, 1.82) is 0 Å². The average molecular weight is 253 g/mol. The number of benzene rings is 2. The first kappa shape index (κ1) is 11.9. The lowest BCUT2D eigenvalue weighted by Crippen LogP contribution is -1.89. The molecule has 0 amide bonds. The molecule has 2 rings (SSSR count). The Morgan fingerprint density at radius 2 is 1.76 bits per heavy atom. The van der Waals surface area contributed by atoms with Crippen LogP contribution in [0.5, 0.6) is 11.5 Å². The third-order valence-corrected chi connectivity index (χ3v) is 2.41. The van der Waals surface area contributed by atoms with Gasteiger partial charge in [0.1, 0.15) is 17.3 Å². The molecule has 2 aromatic rings. The first-order valence-corrected chi connectivity index (χ1v) is 5.39. The number of hydrogen-bond donors (Lipinski definition) is 1. The fourth-order valence-corrected chi connectivity index (χ4v) is 1.54. The topological polar surface area (TPSA) is 29.5 Å². The van der Waals surface area contributed by atoms with Crippen molar-refractivity contribution in [2.75, 3.05) is 0 Å². The van der Waals surface area contributed by atoms with Gasteiger partial charge in [-0.2, -0.15) is 0 Å². The van der Waals surface area contributed by atoms with Crippen LogP contribution >= 0.6 is 11.6 Å². The van der Waals surface area contributed by atoms with Gasteiger partial charge in [-0.1, -0.05) is 11.6 Å². The summed E-state index contributed by atoms with van der Waals surface area (Å²) < 4.78 is 18.6. The Kier molecular flexibility index (Phi) is 3.61. The van der Waals surface area contributed by atoms with Crippen LogP contribution in [0.25, 0.3) is 0 Å². The fraction of sp³-hybridized carbons (Fsp3) is 0.0769. The number of aliphatic hydroxyl groups excluding tert-OH is 1. The average Bonchev–Trinajstić information content (AvgIpc) is 2.31. The molecule has 0 bridgehead atoms. The molecule has 0 radical (unpaired) electrons. The van der Waals surface area contributed by atoms with Crippen molar-refractivity contribution in [2.45, 2.75) is 6.61 Å². The Bertz CT molecular complexity index is 511. The Balaban J connectivity index is 2.23. The van der Waals surface area contributed by atoms with Gasteiger partial charge in [0.2, 0.25) is 0 Å². The molecule has 1 N–H and O–H groups in total. The molecule has 0 aliphatic carbocycles. The highest BCUT2D eigenvalue weighted by Gasteiger charge is 2.02. The van der Waals surface area contributed by atoms with Gasteiger partial charge in [-0.15, -0.1) is 0 Å². The molecule has 0 aliphatic rings. The zero-order valence-corrected chi connectivity index (χ0v) is 9.62. The summed E-state index contributed by atoms with van der Waals surface area (Å²) in [5.74, 6) is 0.459. The van der Waals surface area contributed by atoms with E-state index >= 15 is 0 Å². The lowest BCUT2D eigenvalue weighted by molar-refractivity contribution is 0.280. The van der Waals surface area contributed by atoms with Crippen LogP contribution in [0, 0.1) is 5.82 Å². The standard InChI is InChI=1S/C13H10ClFO2/c14-10-1-3-12(4-2-10)17-13-6-9(8-16)5-11(15)7-13/h1-7,16H,8H2. The molecule has 0 spiro atoms. The van der Waals surface area contributed by atoms with Gasteiger partial charge in [0.15, 0.2) is 0 Å². The summed E-state index contributed by atoms with van der Waals surface area (Å²) in [6.07, 6.45) is 0. The van der Waals surface area contributed by atoms with Gasteiger partial charge in [-0.25, -0.2) is 4.39 Å². The van der Waals surface area contributed by atoms with Crippen LogP contribution in [0.15, 0.2) is 42.5 Å². The van der Waals surface area contributed by atoms with E-state index in [4.69, 9.17) is 21.4 Å². The maximum atomic E-state index is 13.2. The Labute approximate surface area is 103 Å². The summed E-state index contributed by atoms with van der Waals surface area (Å²) in [5, 5.41) is 9.55. The predicted octanol–water partition coefficient (Wildman–Crippen LogP) is 3.76. The molecule has 17 heavy (non-hydrogen) atoms. The van der Waals surface area contributed by atoms with Crippen LogP contribution in [0.3, 0.4) is 0 Å². The number of ether oxygens (including phenoxy) is 1. The van der Waals surface area contributed by atoms with Crippen molar-refractivity contribution >= 4 is 11.6 Å². The maximum absolute atomic E-state index is 13.2. The van der Waals surface area contributed by atoms with Gasteiger partial charge in [0.25, 0.3) is 0 Å². The second kappa shape index (κ2) is 5.17. The first-order chi connectivity index (χ1) is 8.17. The lowest BCUT2D eigenvalue weighted by atomic mass is 10.2. The minimum atomic E-state index is -0.444. The molecule has 0 fully saturated rings. The van der Waals surface area contributed by atoms with Crippen molar-refractivity contribution in [2.24, 2.45) is 0 Å². The molecule has 0 heterocycles. The SMILES string of the molecule is OCc1cc(F)cc(Oc2ccc(Cl)cc2)c1. The van der Waals surface area contributed by atoms with Crippen molar-refractivity contribution in [3.63, 3.8) is 0 Å². The smallest absolute Gasteiger partial charge is 0.130 e. The molecule has 0 atom stereocenters. The summed E-state index contributed by atoms with van der Waals surface area (Å²) >= 11 is 5.74. The van der Waals surface area contributed by atoms with E-state index in [0.717, 1.165) is 0 Å². The molecule has 2 aromatic carbocycles. The second-order valence-electron chi connectivity index (χ2n) is 3.51. The third kappa shape index (κ3) is 3.19. The second-order valence-corrected chi connectivity index (χ2v) is 3.95. The van der Waals surface area contributed by atoms with E-state index in [1.807, 2.05) is 0 Å². The van der Waals surface area contributed by atoms with Gasteiger partial charge < -0.3 is 9.84 Å². The van der Waals surface area contributed by atoms with E-state index in [9.17, 15) is 4.39 Å². The molecule has 88 valence electrons. The van der Waals surface area contributed by atoms with Gasteiger partial charge in [-0.05, 0) is 42.0 Å². The minimum Gasteiger partial charge on any atom is -0.457 e. The van der Waals surface area contributed by atoms with Gasteiger partial charge in [-0.3, -0.25) is 0 Å². The monoisotopic (exact) mass is 252 g/mol. The van der Waals surface area contributed by atoms with Crippen molar-refractivity contribution in [3.8, 4) is 11.5 Å². The Morgan fingerprint density at radius 3 is 2.41 bits per heavy atom. The Morgan fingerprint density at radius 1 is 1.06 bits per heavy atom. The third-order valence-electron chi connectivity index (χ3n) is 2.16. The minimum absolute atomic E-state index is 0.227. The number of rotatable bonds is 3. The van der Waals surface area contributed by atoms with E-state index in [2.05, 4.69) is 0 Å². The molecule has 0 aliphatic heterocycles. The predicted molar refractivity (Wildman–Crippen MR) is 63.8 cm³/mol. The highest BCUT2D eigenvalue weighted by atomic mass is 35.5. The molecular formula is C13H10ClFO2. The maximum Gasteiger partial charge on any atom is 0.130 e. The van der Waals surface area contributed by atoms with E-state index in [0.29, 0.717) is 22.1 Å². The highest BCUT2D eigenvalue weighted by Crippen LogP contribution is 2.24. The molecule has 0 unspecified atom stereocenters. The van der Waals surface area contributed by atoms with Crippen LogP contribution in [-0.2, 0) is 6.61 Å². The van der Waals surface area contributed by atoms with Crippen LogP contribution in [0.1, 0.15) is 5.56 Å².